The molecule has 2 amide bonds. The number of H-pyrrole nitrogens is 1. The first-order valence-corrected chi connectivity index (χ1v) is 17.0. The predicted molar refractivity (Wildman–Crippen MR) is 182 cm³/mol. The largest absolute Gasteiger partial charge is 0.374 e. The van der Waals surface area contributed by atoms with Crippen LogP contribution in [0, 0.1) is 19.3 Å². The molecule has 2 aliphatic heterocycles. The van der Waals surface area contributed by atoms with Gasteiger partial charge in [-0.1, -0.05) is 37.3 Å². The molecule has 4 aromatic rings. The van der Waals surface area contributed by atoms with Crippen LogP contribution in [0.1, 0.15) is 67.5 Å². The summed E-state index contributed by atoms with van der Waals surface area (Å²) in [7, 11) is 0. The monoisotopic (exact) mass is 630 g/mol. The van der Waals surface area contributed by atoms with E-state index in [1.807, 2.05) is 51.2 Å². The Balaban J connectivity index is 1.08. The summed E-state index contributed by atoms with van der Waals surface area (Å²) in [5, 5.41) is 13.7. The average molecular weight is 631 g/mol. The molecule has 0 radical (unpaired) electrons. The molecule has 8 rings (SSSR count). The molecule has 1 saturated carbocycles. The fourth-order valence-electron chi connectivity index (χ4n) is 7.79. The van der Waals surface area contributed by atoms with E-state index in [0.717, 1.165) is 96.7 Å². The van der Waals surface area contributed by atoms with E-state index in [1.54, 1.807) is 0 Å². The maximum Gasteiger partial charge on any atom is 0.247 e. The van der Waals surface area contributed by atoms with Crippen molar-refractivity contribution in [3.05, 3.63) is 83.3 Å². The Bertz CT molecular complexity index is 1820. The van der Waals surface area contributed by atoms with Crippen LogP contribution in [0.15, 0.2) is 60.8 Å². The quantitative estimate of drug-likeness (QED) is 0.218. The van der Waals surface area contributed by atoms with E-state index < -0.39 is 11.5 Å². The third kappa shape index (κ3) is 5.60. The third-order valence-electron chi connectivity index (χ3n) is 10.9. The van der Waals surface area contributed by atoms with Gasteiger partial charge in [0.1, 0.15) is 11.9 Å². The lowest BCUT2D eigenvalue weighted by atomic mass is 9.77. The lowest BCUT2D eigenvalue weighted by Crippen LogP contribution is -2.50. The number of nitrogens with zero attached hydrogens (tertiary/aromatic N) is 3. The fraction of sp³-hybridized carbons (Fsp3) is 0.421. The number of anilines is 2. The summed E-state index contributed by atoms with van der Waals surface area (Å²) >= 11 is 0. The van der Waals surface area contributed by atoms with Gasteiger partial charge in [-0.2, -0.15) is 5.10 Å². The van der Waals surface area contributed by atoms with Crippen molar-refractivity contribution in [1.82, 2.24) is 20.5 Å². The van der Waals surface area contributed by atoms with Crippen LogP contribution in [-0.2, 0) is 20.7 Å². The van der Waals surface area contributed by atoms with E-state index in [-0.39, 0.29) is 17.7 Å². The number of hydrogen-bond donors (Lipinski definition) is 3. The van der Waals surface area contributed by atoms with Crippen molar-refractivity contribution in [3.8, 4) is 22.3 Å². The van der Waals surface area contributed by atoms with Crippen molar-refractivity contribution in [3.63, 3.8) is 0 Å². The number of ether oxygens (including phenoxy) is 1. The first kappa shape index (κ1) is 29.9. The van der Waals surface area contributed by atoms with Gasteiger partial charge in [0.25, 0.3) is 0 Å². The van der Waals surface area contributed by atoms with Gasteiger partial charge in [-0.3, -0.25) is 14.7 Å². The highest BCUT2D eigenvalue weighted by Crippen LogP contribution is 2.46. The first-order chi connectivity index (χ1) is 22.8. The molecule has 2 aliphatic carbocycles. The van der Waals surface area contributed by atoms with Crippen molar-refractivity contribution >= 4 is 23.3 Å². The number of rotatable bonds is 8. The SMILES string of the molecule is Cc1n[nH]c(C)c1-c1ccc(NC(=O)[C@@H](NC(=O)C2(C)CC2)[C@@H]2CCCc3ccc(-c4ccnc(N5C[C@@H]6C[C@H]5CO6)c4)cc32)cc1. The van der Waals surface area contributed by atoms with Gasteiger partial charge >= 0.3 is 0 Å². The van der Waals surface area contributed by atoms with Gasteiger partial charge < -0.3 is 20.3 Å². The molecular formula is C38H42N6O3. The molecule has 3 fully saturated rings. The van der Waals surface area contributed by atoms with Gasteiger partial charge in [0.15, 0.2) is 0 Å². The lowest BCUT2D eigenvalue weighted by molar-refractivity contribution is -0.130. The van der Waals surface area contributed by atoms with E-state index in [9.17, 15) is 9.59 Å². The van der Waals surface area contributed by atoms with Crippen LogP contribution >= 0.6 is 0 Å². The first-order valence-electron chi connectivity index (χ1n) is 17.0. The zero-order valence-electron chi connectivity index (χ0n) is 27.3. The number of aryl methyl sites for hydroxylation is 3. The molecule has 2 saturated heterocycles. The Hall–Kier alpha value is -4.50. The molecular weight excluding hydrogens is 588 g/mol. The third-order valence-corrected chi connectivity index (χ3v) is 10.9. The number of amides is 2. The minimum absolute atomic E-state index is 0.0372. The predicted octanol–water partition coefficient (Wildman–Crippen LogP) is 6.08. The van der Waals surface area contributed by atoms with Crippen LogP contribution in [0.2, 0.25) is 0 Å². The van der Waals surface area contributed by atoms with Gasteiger partial charge in [-0.25, -0.2) is 4.98 Å². The Kier molecular flexibility index (Phi) is 7.39. The molecule has 3 N–H and O–H groups in total. The number of morpholine rings is 1. The van der Waals surface area contributed by atoms with Gasteiger partial charge in [-0.05, 0) is 104 Å². The normalized spacial score (nSPS) is 22.9. The molecule has 242 valence electrons. The number of nitrogens with one attached hydrogen (secondary N) is 3. The van der Waals surface area contributed by atoms with Crippen LogP contribution in [-0.4, -0.2) is 58.3 Å². The molecule has 2 aromatic carbocycles. The summed E-state index contributed by atoms with van der Waals surface area (Å²) in [4.78, 5) is 34.7. The maximum absolute atomic E-state index is 14.2. The number of benzene rings is 2. The van der Waals surface area contributed by atoms with E-state index in [0.29, 0.717) is 17.8 Å². The summed E-state index contributed by atoms with van der Waals surface area (Å²) in [5.74, 6) is 0.615. The van der Waals surface area contributed by atoms with Crippen molar-refractivity contribution in [2.45, 2.75) is 83.4 Å². The number of fused-ring (bicyclic) bond motifs is 3. The molecule has 4 aliphatic rings. The summed E-state index contributed by atoms with van der Waals surface area (Å²) in [6.07, 6.45) is 7.69. The second-order valence-corrected chi connectivity index (χ2v) is 14.2. The van der Waals surface area contributed by atoms with Crippen molar-refractivity contribution in [1.29, 1.82) is 0 Å². The summed E-state index contributed by atoms with van der Waals surface area (Å²) < 4.78 is 5.82. The Morgan fingerprint density at radius 2 is 1.83 bits per heavy atom. The maximum atomic E-state index is 14.2. The van der Waals surface area contributed by atoms with E-state index in [2.05, 4.69) is 56.1 Å². The second-order valence-electron chi connectivity index (χ2n) is 14.2. The molecule has 47 heavy (non-hydrogen) atoms. The van der Waals surface area contributed by atoms with Crippen LogP contribution in [0.4, 0.5) is 11.5 Å². The molecule has 0 unspecified atom stereocenters. The van der Waals surface area contributed by atoms with Crippen molar-refractivity contribution in [2.24, 2.45) is 5.41 Å². The molecule has 4 atom stereocenters. The minimum Gasteiger partial charge on any atom is -0.374 e. The molecule has 9 heteroatoms. The van der Waals surface area contributed by atoms with Gasteiger partial charge in [0.05, 0.1) is 24.4 Å². The zero-order valence-corrected chi connectivity index (χ0v) is 27.3. The van der Waals surface area contributed by atoms with E-state index in [4.69, 9.17) is 9.72 Å². The van der Waals surface area contributed by atoms with Crippen molar-refractivity contribution < 1.29 is 14.3 Å². The van der Waals surface area contributed by atoms with Crippen LogP contribution in [0.5, 0.6) is 0 Å². The molecule has 2 bridgehead atoms. The summed E-state index contributed by atoms with van der Waals surface area (Å²) in [6.45, 7) is 7.62. The van der Waals surface area contributed by atoms with Gasteiger partial charge in [0, 0.05) is 41.0 Å². The number of aromatic amines is 1. The minimum atomic E-state index is -0.694. The fourth-order valence-corrected chi connectivity index (χ4v) is 7.79. The van der Waals surface area contributed by atoms with Gasteiger partial charge in [-0.15, -0.1) is 0 Å². The van der Waals surface area contributed by atoms with E-state index in [1.165, 1.54) is 5.56 Å². The molecule has 0 spiro atoms. The molecule has 9 nitrogen and oxygen atoms in total. The topological polar surface area (TPSA) is 112 Å². The van der Waals surface area contributed by atoms with Crippen LogP contribution in [0.25, 0.3) is 22.3 Å². The highest BCUT2D eigenvalue weighted by molar-refractivity contribution is 5.99. The highest BCUT2D eigenvalue weighted by Gasteiger charge is 2.47. The number of carbonyl (C=O) groups excluding carboxylic acids is 2. The number of hydrogen-bond acceptors (Lipinski definition) is 6. The Labute approximate surface area is 275 Å². The van der Waals surface area contributed by atoms with E-state index >= 15 is 0 Å². The Morgan fingerprint density at radius 3 is 2.53 bits per heavy atom. The summed E-state index contributed by atoms with van der Waals surface area (Å²) in [5.41, 5.74) is 8.94. The standard InChI is InChI=1S/C38H42N6O3/c1-22-34(23(2)43-42-22)25-9-11-28(12-10-25)40-36(45)35(41-37(46)38(3)14-15-38)31-6-4-5-24-7-8-26(17-32(24)31)27-13-16-39-33(18-27)44-20-30-19-29(44)21-47-30/h7-13,16-18,29-31,35H,4-6,14-15,19-21H2,1-3H3,(H,40,45)(H,41,46)(H,42,43)/t29-,30-,31+,35-/m0/s1. The molecule has 4 heterocycles. The number of pyridine rings is 1. The number of aromatic nitrogens is 3. The number of carbonyl (C=O) groups is 2. The Morgan fingerprint density at radius 1 is 1.04 bits per heavy atom. The van der Waals surface area contributed by atoms with Crippen LogP contribution in [0.3, 0.4) is 0 Å². The smallest absolute Gasteiger partial charge is 0.247 e. The lowest BCUT2D eigenvalue weighted by Gasteiger charge is -2.33. The summed E-state index contributed by atoms with van der Waals surface area (Å²) in [6, 6.07) is 18.4. The zero-order chi connectivity index (χ0) is 32.3. The highest BCUT2D eigenvalue weighted by atomic mass is 16.5. The average Bonchev–Trinajstić information content (AvgIpc) is 3.37. The van der Waals surface area contributed by atoms with Crippen molar-refractivity contribution in [2.75, 3.05) is 23.4 Å². The second kappa shape index (κ2) is 11.6. The molecule has 2 aromatic heterocycles. The van der Waals surface area contributed by atoms with Gasteiger partial charge in [0.2, 0.25) is 11.8 Å². The van der Waals surface area contributed by atoms with Crippen LogP contribution < -0.4 is 15.5 Å².